The predicted molar refractivity (Wildman–Crippen MR) is 193 cm³/mol. The topological polar surface area (TPSA) is 120 Å². The summed E-state index contributed by atoms with van der Waals surface area (Å²) in [5.74, 6) is 3.29. The van der Waals surface area contributed by atoms with Crippen molar-refractivity contribution >= 4 is 29.2 Å². The van der Waals surface area contributed by atoms with Gasteiger partial charge in [-0.1, -0.05) is 18.2 Å². The molecule has 0 aliphatic carbocycles. The van der Waals surface area contributed by atoms with Gasteiger partial charge in [0, 0.05) is 68.9 Å². The van der Waals surface area contributed by atoms with Crippen molar-refractivity contribution in [3.63, 3.8) is 0 Å². The van der Waals surface area contributed by atoms with E-state index in [1.165, 1.54) is 12.0 Å². The van der Waals surface area contributed by atoms with Gasteiger partial charge in [-0.25, -0.2) is 14.7 Å². The number of anilines is 4. The third kappa shape index (κ3) is 8.65. The van der Waals surface area contributed by atoms with Crippen molar-refractivity contribution in [2.24, 2.45) is 0 Å². The van der Waals surface area contributed by atoms with Crippen LogP contribution < -0.4 is 38.6 Å². The van der Waals surface area contributed by atoms with Gasteiger partial charge in [-0.3, -0.25) is 0 Å². The first kappa shape index (κ1) is 36.0. The summed E-state index contributed by atoms with van der Waals surface area (Å²) in [6, 6.07) is 16.0. The Morgan fingerprint density at radius 1 is 0.840 bits per heavy atom. The molecule has 13 nitrogen and oxygen atoms in total. The Kier molecular flexibility index (Phi) is 12.2. The molecule has 1 aliphatic rings. The Morgan fingerprint density at radius 2 is 1.56 bits per heavy atom. The number of likely N-dealkylation sites (N-methyl/N-ethyl adjacent to an activating group) is 1. The average Bonchev–Trinajstić information content (AvgIpc) is 3.12. The third-order valence-electron chi connectivity index (χ3n) is 8.45. The number of nitrogens with zero attached hydrogens (tertiary/aromatic N) is 5. The summed E-state index contributed by atoms with van der Waals surface area (Å²) in [5.41, 5.74) is 2.59. The molecule has 0 unspecified atom stereocenters. The van der Waals surface area contributed by atoms with Crippen molar-refractivity contribution in [1.29, 1.82) is 0 Å². The van der Waals surface area contributed by atoms with Gasteiger partial charge in [-0.05, 0) is 50.6 Å². The Balaban J connectivity index is 1.43. The molecule has 1 aliphatic heterocycles. The fourth-order valence-electron chi connectivity index (χ4n) is 5.69. The maximum Gasteiger partial charge on any atom is 0.425 e. The molecular weight excluding hydrogens is 640 g/mol. The number of piperazine rings is 1. The number of aromatic nitrogens is 2. The van der Waals surface area contributed by atoms with Crippen LogP contribution in [0.4, 0.5) is 27.9 Å². The van der Waals surface area contributed by atoms with Crippen LogP contribution in [0.2, 0.25) is 0 Å². The highest BCUT2D eigenvalue weighted by Gasteiger charge is 2.27. The standard InChI is InChI=1S/C37H46N6O7/c1-25-10-8-11-26(2)34(25)50-37(44)43(29-24-28(45-4)12-13-30(29)46-5)33-14-15-38-36(40-33)39-27-22-31(47-6)35(48-7)32(23-27)49-21-9-16-42-19-17-41(3)18-20-42/h8,10-15,22-24H,9,16-21H2,1-7H3,(H,38,39,40). The van der Waals surface area contributed by atoms with Crippen LogP contribution in [0.5, 0.6) is 34.5 Å². The molecule has 3 aromatic carbocycles. The van der Waals surface area contributed by atoms with E-state index in [1.54, 1.807) is 57.9 Å². The summed E-state index contributed by atoms with van der Waals surface area (Å²) in [6.07, 6.45) is 1.71. The van der Waals surface area contributed by atoms with E-state index < -0.39 is 6.09 Å². The smallest absolute Gasteiger partial charge is 0.425 e. The van der Waals surface area contributed by atoms with E-state index in [4.69, 9.17) is 33.4 Å². The van der Waals surface area contributed by atoms with Crippen molar-refractivity contribution in [1.82, 2.24) is 19.8 Å². The van der Waals surface area contributed by atoms with Crippen LogP contribution in [0.3, 0.4) is 0 Å². The van der Waals surface area contributed by atoms with Crippen LogP contribution in [-0.2, 0) is 0 Å². The van der Waals surface area contributed by atoms with Gasteiger partial charge in [0.2, 0.25) is 11.7 Å². The highest BCUT2D eigenvalue weighted by atomic mass is 16.6. The Bertz CT molecular complexity index is 1740. The predicted octanol–water partition coefficient (Wildman–Crippen LogP) is 6.22. The Labute approximate surface area is 293 Å². The zero-order valence-electron chi connectivity index (χ0n) is 29.8. The first-order chi connectivity index (χ1) is 24.2. The molecule has 1 N–H and O–H groups in total. The monoisotopic (exact) mass is 686 g/mol. The van der Waals surface area contributed by atoms with Gasteiger partial charge >= 0.3 is 6.09 Å². The second-order valence-electron chi connectivity index (χ2n) is 11.9. The number of carbonyl (C=O) groups excluding carboxylic acids is 1. The zero-order valence-corrected chi connectivity index (χ0v) is 29.8. The van der Waals surface area contributed by atoms with E-state index in [0.717, 1.165) is 50.3 Å². The average molecular weight is 687 g/mol. The number of ether oxygens (including phenoxy) is 6. The van der Waals surface area contributed by atoms with E-state index in [2.05, 4.69) is 27.1 Å². The quantitative estimate of drug-likeness (QED) is 0.152. The molecule has 50 heavy (non-hydrogen) atoms. The van der Waals surface area contributed by atoms with Gasteiger partial charge in [-0.2, -0.15) is 4.98 Å². The van der Waals surface area contributed by atoms with Crippen LogP contribution in [0.15, 0.2) is 60.8 Å². The molecule has 1 aromatic heterocycles. The maximum absolute atomic E-state index is 14.1. The van der Waals surface area contributed by atoms with Gasteiger partial charge in [0.25, 0.3) is 0 Å². The van der Waals surface area contributed by atoms with Crippen LogP contribution in [0.25, 0.3) is 0 Å². The number of rotatable bonds is 14. The van der Waals surface area contributed by atoms with Gasteiger partial charge in [-0.15, -0.1) is 0 Å². The van der Waals surface area contributed by atoms with Gasteiger partial charge in [0.15, 0.2) is 11.5 Å². The van der Waals surface area contributed by atoms with Gasteiger partial charge < -0.3 is 43.5 Å². The number of para-hydroxylation sites is 1. The second-order valence-corrected chi connectivity index (χ2v) is 11.9. The second kappa shape index (κ2) is 16.9. The maximum atomic E-state index is 14.1. The van der Waals surface area contributed by atoms with Crippen LogP contribution in [0.1, 0.15) is 17.5 Å². The molecule has 1 saturated heterocycles. The number of methoxy groups -OCH3 is 4. The van der Waals surface area contributed by atoms with Crippen LogP contribution >= 0.6 is 0 Å². The Hall–Kier alpha value is -5.27. The minimum atomic E-state index is -0.697. The first-order valence-electron chi connectivity index (χ1n) is 16.4. The van der Waals surface area contributed by atoms with Crippen LogP contribution in [-0.4, -0.2) is 101 Å². The SMILES string of the molecule is COc1ccc(OC)c(N(C(=O)Oc2c(C)cccc2C)c2ccnc(Nc3cc(OC)c(OC)c(OCCCN4CCN(C)CC4)c3)n2)c1. The van der Waals surface area contributed by atoms with Gasteiger partial charge in [0.05, 0.1) is 40.7 Å². The molecule has 266 valence electrons. The van der Waals surface area contributed by atoms with Gasteiger partial charge in [0.1, 0.15) is 23.1 Å². The minimum Gasteiger partial charge on any atom is -0.497 e. The number of carbonyl (C=O) groups is 1. The number of hydrogen-bond donors (Lipinski definition) is 1. The highest BCUT2D eigenvalue weighted by Crippen LogP contribution is 2.41. The molecule has 1 fully saturated rings. The van der Waals surface area contributed by atoms with Crippen molar-refractivity contribution < 1.29 is 33.2 Å². The molecule has 0 atom stereocenters. The van der Waals surface area contributed by atoms with Crippen LogP contribution in [0, 0.1) is 13.8 Å². The molecule has 0 radical (unpaired) electrons. The number of amides is 1. The highest BCUT2D eigenvalue weighted by molar-refractivity contribution is 5.98. The summed E-state index contributed by atoms with van der Waals surface area (Å²) in [7, 11) is 8.37. The molecule has 5 rings (SSSR count). The Morgan fingerprint density at radius 3 is 2.24 bits per heavy atom. The third-order valence-corrected chi connectivity index (χ3v) is 8.45. The number of aryl methyl sites for hydroxylation is 2. The summed E-state index contributed by atoms with van der Waals surface area (Å²) >= 11 is 0. The minimum absolute atomic E-state index is 0.211. The van der Waals surface area contributed by atoms with Crippen molar-refractivity contribution in [3.8, 4) is 34.5 Å². The van der Waals surface area contributed by atoms with E-state index >= 15 is 0 Å². The molecule has 1 amide bonds. The number of benzene rings is 3. The summed E-state index contributed by atoms with van der Waals surface area (Å²) in [6.45, 7) is 9.46. The summed E-state index contributed by atoms with van der Waals surface area (Å²) in [5, 5.41) is 3.24. The molecule has 4 aromatic rings. The van der Waals surface area contributed by atoms with E-state index in [1.807, 2.05) is 38.1 Å². The van der Waals surface area contributed by atoms with E-state index in [0.29, 0.717) is 52.5 Å². The van der Waals surface area contributed by atoms with Crippen molar-refractivity contribution in [2.75, 3.05) is 85.0 Å². The number of nitrogens with one attached hydrogen (secondary N) is 1. The first-order valence-corrected chi connectivity index (χ1v) is 16.4. The fraction of sp³-hybridized carbons (Fsp3) is 0.378. The van der Waals surface area contributed by atoms with E-state index in [9.17, 15) is 4.79 Å². The summed E-state index contributed by atoms with van der Waals surface area (Å²) < 4.78 is 34.7. The zero-order chi connectivity index (χ0) is 35.6. The van der Waals surface area contributed by atoms with Crippen molar-refractivity contribution in [2.45, 2.75) is 20.3 Å². The number of hydrogen-bond acceptors (Lipinski definition) is 12. The largest absolute Gasteiger partial charge is 0.497 e. The normalized spacial score (nSPS) is 13.3. The fourth-order valence-corrected chi connectivity index (χ4v) is 5.69. The molecule has 0 bridgehead atoms. The van der Waals surface area contributed by atoms with E-state index in [-0.39, 0.29) is 11.8 Å². The lowest BCUT2D eigenvalue weighted by Crippen LogP contribution is -2.44. The molecular formula is C37H46N6O7. The lowest BCUT2D eigenvalue weighted by atomic mass is 10.1. The molecule has 2 heterocycles. The molecule has 13 heteroatoms. The lowest BCUT2D eigenvalue weighted by Gasteiger charge is -2.32. The van der Waals surface area contributed by atoms with Crippen molar-refractivity contribution in [3.05, 3.63) is 71.9 Å². The lowest BCUT2D eigenvalue weighted by molar-refractivity contribution is 0.145. The molecule has 0 spiro atoms. The summed E-state index contributed by atoms with van der Waals surface area (Å²) in [4.78, 5) is 29.4. The molecule has 0 saturated carbocycles.